The summed E-state index contributed by atoms with van der Waals surface area (Å²) in [5, 5.41) is 5.48. The minimum atomic E-state index is -0.262. The second kappa shape index (κ2) is 7.78. The van der Waals surface area contributed by atoms with Crippen molar-refractivity contribution in [1.29, 1.82) is 0 Å². The van der Waals surface area contributed by atoms with E-state index >= 15 is 0 Å². The summed E-state index contributed by atoms with van der Waals surface area (Å²) in [4.78, 5) is 23.4. The number of hydrogen-bond acceptors (Lipinski definition) is 3. The fraction of sp³-hybridized carbons (Fsp3) is 0.176. The van der Waals surface area contributed by atoms with E-state index < -0.39 is 0 Å². The van der Waals surface area contributed by atoms with Crippen molar-refractivity contribution < 1.29 is 14.3 Å². The quantitative estimate of drug-likeness (QED) is 0.826. The van der Waals surface area contributed by atoms with Gasteiger partial charge in [0.1, 0.15) is 5.75 Å². The van der Waals surface area contributed by atoms with Gasteiger partial charge < -0.3 is 15.4 Å². The number of nitrogens with one attached hydrogen (secondary N) is 2. The highest BCUT2D eigenvalue weighted by Crippen LogP contribution is 2.24. The molecule has 0 aromatic heterocycles. The third-order valence-corrected chi connectivity index (χ3v) is 3.44. The Balaban J connectivity index is 2.15. The largest absolute Gasteiger partial charge is 0.493 e. The molecule has 0 aliphatic carbocycles. The van der Waals surface area contributed by atoms with Crippen LogP contribution >= 0.6 is 15.9 Å². The van der Waals surface area contributed by atoms with Crippen molar-refractivity contribution >= 4 is 39.1 Å². The van der Waals surface area contributed by atoms with E-state index in [9.17, 15) is 9.59 Å². The predicted molar refractivity (Wildman–Crippen MR) is 94.0 cm³/mol. The van der Waals surface area contributed by atoms with Gasteiger partial charge in [0.05, 0.1) is 12.2 Å². The van der Waals surface area contributed by atoms with Gasteiger partial charge in [0.15, 0.2) is 0 Å². The minimum absolute atomic E-state index is 0.141. The highest BCUT2D eigenvalue weighted by atomic mass is 79.9. The number of halogens is 1. The molecule has 2 aromatic rings. The van der Waals surface area contributed by atoms with E-state index in [1.807, 2.05) is 13.0 Å². The van der Waals surface area contributed by atoms with Crippen molar-refractivity contribution in [3.63, 3.8) is 0 Å². The molecule has 0 bridgehead atoms. The smallest absolute Gasteiger partial charge is 0.259 e. The van der Waals surface area contributed by atoms with Crippen molar-refractivity contribution in [3.8, 4) is 5.75 Å². The van der Waals surface area contributed by atoms with E-state index in [1.165, 1.54) is 6.92 Å². The zero-order valence-corrected chi connectivity index (χ0v) is 14.4. The molecular formula is C17H17BrN2O3. The number of carbonyl (C=O) groups is 2. The van der Waals surface area contributed by atoms with E-state index in [2.05, 4.69) is 26.6 Å². The van der Waals surface area contributed by atoms with Crippen molar-refractivity contribution in [3.05, 3.63) is 52.5 Å². The fourth-order valence-corrected chi connectivity index (χ4v) is 2.36. The lowest BCUT2D eigenvalue weighted by atomic mass is 10.1. The first-order chi connectivity index (χ1) is 11.0. The molecule has 0 aliphatic heterocycles. The maximum Gasteiger partial charge on any atom is 0.259 e. The lowest BCUT2D eigenvalue weighted by Crippen LogP contribution is -2.14. The van der Waals surface area contributed by atoms with Gasteiger partial charge >= 0.3 is 0 Å². The second-order valence-electron chi connectivity index (χ2n) is 4.79. The lowest BCUT2D eigenvalue weighted by molar-refractivity contribution is -0.114. The molecule has 6 heteroatoms. The molecule has 0 saturated heterocycles. The normalized spacial score (nSPS) is 10.0. The number of ether oxygens (including phenoxy) is 1. The van der Waals surface area contributed by atoms with Gasteiger partial charge in [-0.3, -0.25) is 9.59 Å². The van der Waals surface area contributed by atoms with Crippen LogP contribution in [0.15, 0.2) is 46.9 Å². The summed E-state index contributed by atoms with van der Waals surface area (Å²) in [6.45, 7) is 3.79. The second-order valence-corrected chi connectivity index (χ2v) is 5.70. The van der Waals surface area contributed by atoms with Crippen molar-refractivity contribution in [1.82, 2.24) is 0 Å². The topological polar surface area (TPSA) is 67.4 Å². The van der Waals surface area contributed by atoms with E-state index in [4.69, 9.17) is 4.74 Å². The molecule has 23 heavy (non-hydrogen) atoms. The molecule has 0 heterocycles. The van der Waals surface area contributed by atoms with E-state index in [0.717, 1.165) is 4.47 Å². The van der Waals surface area contributed by atoms with Crippen molar-refractivity contribution in [2.24, 2.45) is 0 Å². The predicted octanol–water partition coefficient (Wildman–Crippen LogP) is 4.06. The van der Waals surface area contributed by atoms with Crippen LogP contribution in [0.1, 0.15) is 24.2 Å². The molecule has 5 nitrogen and oxygen atoms in total. The molecule has 0 fully saturated rings. The van der Waals surface area contributed by atoms with Crippen LogP contribution in [-0.4, -0.2) is 18.4 Å². The van der Waals surface area contributed by atoms with Crippen LogP contribution in [0.3, 0.4) is 0 Å². The summed E-state index contributed by atoms with van der Waals surface area (Å²) in [7, 11) is 0. The molecular weight excluding hydrogens is 360 g/mol. The van der Waals surface area contributed by atoms with Crippen LogP contribution in [0, 0.1) is 0 Å². The van der Waals surface area contributed by atoms with Gasteiger partial charge in [0.25, 0.3) is 5.91 Å². The lowest BCUT2D eigenvalue weighted by Gasteiger charge is -2.11. The van der Waals surface area contributed by atoms with Gasteiger partial charge in [-0.15, -0.1) is 0 Å². The Morgan fingerprint density at radius 1 is 1.04 bits per heavy atom. The van der Waals surface area contributed by atoms with Crippen LogP contribution in [0.2, 0.25) is 0 Å². The average Bonchev–Trinajstić information content (AvgIpc) is 2.50. The fourth-order valence-electron chi connectivity index (χ4n) is 2.00. The van der Waals surface area contributed by atoms with Gasteiger partial charge in [-0.1, -0.05) is 15.9 Å². The first-order valence-electron chi connectivity index (χ1n) is 7.11. The van der Waals surface area contributed by atoms with E-state index in [-0.39, 0.29) is 11.8 Å². The van der Waals surface area contributed by atoms with Crippen LogP contribution in [0.5, 0.6) is 5.75 Å². The summed E-state index contributed by atoms with van der Waals surface area (Å²) in [6.07, 6.45) is 0. The number of carbonyl (C=O) groups excluding carboxylic acids is 2. The van der Waals surface area contributed by atoms with Gasteiger partial charge in [-0.2, -0.15) is 0 Å². The Hall–Kier alpha value is -2.34. The Morgan fingerprint density at radius 3 is 2.22 bits per heavy atom. The Kier molecular flexibility index (Phi) is 5.76. The zero-order valence-electron chi connectivity index (χ0n) is 12.9. The van der Waals surface area contributed by atoms with Crippen molar-refractivity contribution in [2.45, 2.75) is 13.8 Å². The van der Waals surface area contributed by atoms with Gasteiger partial charge in [0, 0.05) is 22.8 Å². The maximum atomic E-state index is 12.4. The SMILES string of the molecule is CCOc1ccc(Br)cc1C(=O)Nc1ccc(NC(C)=O)cc1. The number of rotatable bonds is 5. The third-order valence-electron chi connectivity index (χ3n) is 2.95. The van der Waals surface area contributed by atoms with E-state index in [0.29, 0.717) is 29.3 Å². The molecule has 0 radical (unpaired) electrons. The molecule has 0 atom stereocenters. The highest BCUT2D eigenvalue weighted by Gasteiger charge is 2.13. The Morgan fingerprint density at radius 2 is 1.65 bits per heavy atom. The summed E-state index contributed by atoms with van der Waals surface area (Å²) in [6, 6.07) is 12.2. The molecule has 2 rings (SSSR count). The Bertz CT molecular complexity index is 714. The first-order valence-corrected chi connectivity index (χ1v) is 7.90. The summed E-state index contributed by atoms with van der Waals surface area (Å²) in [5.74, 6) is 0.127. The molecule has 0 saturated carbocycles. The maximum absolute atomic E-state index is 12.4. The number of benzene rings is 2. The monoisotopic (exact) mass is 376 g/mol. The number of hydrogen-bond donors (Lipinski definition) is 2. The van der Waals surface area contributed by atoms with Crippen LogP contribution < -0.4 is 15.4 Å². The third kappa shape index (κ3) is 4.82. The molecule has 0 spiro atoms. The van der Waals surface area contributed by atoms with Gasteiger partial charge in [-0.25, -0.2) is 0 Å². The summed E-state index contributed by atoms with van der Waals surface area (Å²) < 4.78 is 6.28. The number of amides is 2. The van der Waals surface area contributed by atoms with E-state index in [1.54, 1.807) is 36.4 Å². The van der Waals surface area contributed by atoms with Crippen molar-refractivity contribution in [2.75, 3.05) is 17.2 Å². The Labute approximate surface area is 143 Å². The highest BCUT2D eigenvalue weighted by molar-refractivity contribution is 9.10. The molecule has 120 valence electrons. The molecule has 2 N–H and O–H groups in total. The summed E-state index contributed by atoms with van der Waals surface area (Å²) in [5.41, 5.74) is 1.76. The van der Waals surface area contributed by atoms with Gasteiger partial charge in [0.2, 0.25) is 5.91 Å². The van der Waals surface area contributed by atoms with Gasteiger partial charge in [-0.05, 0) is 49.4 Å². The molecule has 0 aliphatic rings. The zero-order chi connectivity index (χ0) is 16.8. The molecule has 2 amide bonds. The minimum Gasteiger partial charge on any atom is -0.493 e. The standard InChI is InChI=1S/C17H17BrN2O3/c1-3-23-16-9-4-12(18)10-15(16)17(22)20-14-7-5-13(6-8-14)19-11(2)21/h4-10H,3H2,1-2H3,(H,19,21)(H,20,22). The van der Waals surface area contributed by atoms with Crippen LogP contribution in [0.4, 0.5) is 11.4 Å². The average molecular weight is 377 g/mol. The number of anilines is 2. The molecule has 0 unspecified atom stereocenters. The summed E-state index contributed by atoms with van der Waals surface area (Å²) >= 11 is 3.36. The first kappa shape index (κ1) is 17.0. The van der Waals surface area contributed by atoms with Crippen LogP contribution in [-0.2, 0) is 4.79 Å². The van der Waals surface area contributed by atoms with Crippen LogP contribution in [0.25, 0.3) is 0 Å². The molecule has 2 aromatic carbocycles.